The summed E-state index contributed by atoms with van der Waals surface area (Å²) in [5.74, 6) is 0.779. The number of nitriles is 1. The summed E-state index contributed by atoms with van der Waals surface area (Å²) in [6, 6.07) is 16.1. The maximum absolute atomic E-state index is 11.9. The van der Waals surface area contributed by atoms with Crippen molar-refractivity contribution < 1.29 is 9.53 Å². The van der Waals surface area contributed by atoms with E-state index in [-0.39, 0.29) is 12.1 Å². The predicted molar refractivity (Wildman–Crippen MR) is 89.2 cm³/mol. The Bertz CT molecular complexity index is 720. The molecule has 0 aliphatic carbocycles. The van der Waals surface area contributed by atoms with E-state index in [1.165, 1.54) is 0 Å². The maximum Gasteiger partial charge on any atom is 0.319 e. The average Bonchev–Trinajstić information content (AvgIpc) is 2.53. The topological polar surface area (TPSA) is 74.2 Å². The molecule has 0 atom stereocenters. The van der Waals surface area contributed by atoms with Crippen molar-refractivity contribution in [2.75, 3.05) is 5.32 Å². The Hall–Kier alpha value is -3.00. The van der Waals surface area contributed by atoms with Crippen molar-refractivity contribution in [2.24, 2.45) is 0 Å². The summed E-state index contributed by atoms with van der Waals surface area (Å²) in [5.41, 5.74) is 2.03. The van der Waals surface area contributed by atoms with Crippen molar-refractivity contribution in [3.05, 3.63) is 59.7 Å². The zero-order valence-corrected chi connectivity index (χ0v) is 13.2. The van der Waals surface area contributed by atoms with Gasteiger partial charge in [0.05, 0.1) is 17.7 Å². The minimum absolute atomic E-state index is 0.105. The monoisotopic (exact) mass is 309 g/mol. The molecule has 5 heteroatoms. The fourth-order valence-electron chi connectivity index (χ4n) is 2.03. The number of ether oxygens (including phenoxy) is 1. The van der Waals surface area contributed by atoms with Crippen LogP contribution in [0.5, 0.6) is 5.75 Å². The minimum atomic E-state index is -0.324. The Labute approximate surface area is 135 Å². The molecule has 0 unspecified atom stereocenters. The lowest BCUT2D eigenvalue weighted by Gasteiger charge is -2.12. The van der Waals surface area contributed by atoms with E-state index in [1.54, 1.807) is 24.3 Å². The van der Waals surface area contributed by atoms with Gasteiger partial charge in [-0.15, -0.1) is 0 Å². The number of benzene rings is 2. The van der Waals surface area contributed by atoms with Gasteiger partial charge in [0.25, 0.3) is 0 Å². The molecule has 0 bridgehead atoms. The van der Waals surface area contributed by atoms with Crippen LogP contribution in [0.3, 0.4) is 0 Å². The smallest absolute Gasteiger partial charge is 0.319 e. The fourth-order valence-corrected chi connectivity index (χ4v) is 2.03. The SMILES string of the molecule is CC(C)Oc1cccc(CNC(=O)Nc2cccc(C#N)c2)c1. The van der Waals surface area contributed by atoms with E-state index in [0.29, 0.717) is 17.8 Å². The molecular formula is C18H19N3O2. The van der Waals surface area contributed by atoms with Gasteiger partial charge in [-0.25, -0.2) is 4.79 Å². The Kier molecular flexibility index (Phi) is 5.59. The summed E-state index contributed by atoms with van der Waals surface area (Å²) in [4.78, 5) is 11.9. The van der Waals surface area contributed by atoms with Crippen LogP contribution in [0.15, 0.2) is 48.5 Å². The normalized spacial score (nSPS) is 10.0. The second-order valence-electron chi connectivity index (χ2n) is 5.31. The molecule has 0 aliphatic rings. The van der Waals surface area contributed by atoms with Gasteiger partial charge >= 0.3 is 6.03 Å². The minimum Gasteiger partial charge on any atom is -0.491 e. The highest BCUT2D eigenvalue weighted by Gasteiger charge is 2.04. The van der Waals surface area contributed by atoms with Crippen molar-refractivity contribution in [3.8, 4) is 11.8 Å². The molecule has 2 amide bonds. The predicted octanol–water partition coefficient (Wildman–Crippen LogP) is 3.67. The van der Waals surface area contributed by atoms with Gasteiger partial charge in [0.1, 0.15) is 5.75 Å². The average molecular weight is 309 g/mol. The lowest BCUT2D eigenvalue weighted by Crippen LogP contribution is -2.28. The molecule has 0 heterocycles. The molecule has 118 valence electrons. The van der Waals surface area contributed by atoms with E-state index in [4.69, 9.17) is 10.00 Å². The first-order chi connectivity index (χ1) is 11.1. The second kappa shape index (κ2) is 7.85. The summed E-state index contributed by atoms with van der Waals surface area (Å²) in [6.07, 6.45) is 0.105. The molecular weight excluding hydrogens is 290 g/mol. The number of hydrogen-bond donors (Lipinski definition) is 2. The van der Waals surface area contributed by atoms with Crippen molar-refractivity contribution in [3.63, 3.8) is 0 Å². The van der Waals surface area contributed by atoms with Gasteiger partial charge in [-0.1, -0.05) is 18.2 Å². The highest BCUT2D eigenvalue weighted by Crippen LogP contribution is 2.15. The molecule has 0 fully saturated rings. The first-order valence-corrected chi connectivity index (χ1v) is 7.37. The molecule has 5 nitrogen and oxygen atoms in total. The van der Waals surface area contributed by atoms with Gasteiger partial charge in [0.2, 0.25) is 0 Å². The fraction of sp³-hybridized carbons (Fsp3) is 0.222. The second-order valence-corrected chi connectivity index (χ2v) is 5.31. The van der Waals surface area contributed by atoms with Gasteiger partial charge in [-0.3, -0.25) is 0 Å². The zero-order valence-electron chi connectivity index (χ0n) is 13.2. The van der Waals surface area contributed by atoms with E-state index in [9.17, 15) is 4.79 Å². The first-order valence-electron chi connectivity index (χ1n) is 7.37. The lowest BCUT2D eigenvalue weighted by atomic mass is 10.2. The molecule has 2 aromatic rings. The van der Waals surface area contributed by atoms with E-state index < -0.39 is 0 Å². The molecule has 0 aliphatic heterocycles. The van der Waals surface area contributed by atoms with Gasteiger partial charge in [-0.2, -0.15) is 5.26 Å². The molecule has 2 N–H and O–H groups in total. The summed E-state index contributed by atoms with van der Waals surface area (Å²) in [5, 5.41) is 14.3. The van der Waals surface area contributed by atoms with E-state index >= 15 is 0 Å². The molecule has 2 aromatic carbocycles. The lowest BCUT2D eigenvalue weighted by molar-refractivity contribution is 0.242. The van der Waals surface area contributed by atoms with Crippen molar-refractivity contribution >= 4 is 11.7 Å². The number of hydrogen-bond acceptors (Lipinski definition) is 3. The number of rotatable bonds is 5. The third-order valence-electron chi connectivity index (χ3n) is 2.97. The Morgan fingerprint density at radius 2 is 2.00 bits per heavy atom. The summed E-state index contributed by atoms with van der Waals surface area (Å²) < 4.78 is 5.62. The van der Waals surface area contributed by atoms with Gasteiger partial charge < -0.3 is 15.4 Å². The van der Waals surface area contributed by atoms with Crippen LogP contribution in [-0.2, 0) is 6.54 Å². The summed E-state index contributed by atoms with van der Waals surface area (Å²) >= 11 is 0. The highest BCUT2D eigenvalue weighted by atomic mass is 16.5. The van der Waals surface area contributed by atoms with Crippen LogP contribution >= 0.6 is 0 Å². The van der Waals surface area contributed by atoms with Gasteiger partial charge in [0, 0.05) is 12.2 Å². The van der Waals surface area contributed by atoms with Crippen LogP contribution in [0, 0.1) is 11.3 Å². The number of nitrogens with one attached hydrogen (secondary N) is 2. The molecule has 0 saturated carbocycles. The van der Waals surface area contributed by atoms with Crippen LogP contribution in [0.4, 0.5) is 10.5 Å². The van der Waals surface area contributed by atoms with Crippen LogP contribution in [0.2, 0.25) is 0 Å². The Morgan fingerprint density at radius 1 is 1.22 bits per heavy atom. The number of urea groups is 1. The molecule has 0 saturated heterocycles. The summed E-state index contributed by atoms with van der Waals surface area (Å²) in [6.45, 7) is 4.32. The van der Waals surface area contributed by atoms with Crippen LogP contribution in [0.1, 0.15) is 25.0 Å². The van der Waals surface area contributed by atoms with Gasteiger partial charge in [-0.05, 0) is 49.7 Å². The van der Waals surface area contributed by atoms with E-state index in [2.05, 4.69) is 10.6 Å². The third kappa shape index (κ3) is 5.36. The highest BCUT2D eigenvalue weighted by molar-refractivity contribution is 5.89. The van der Waals surface area contributed by atoms with Gasteiger partial charge in [0.15, 0.2) is 0 Å². The Balaban J connectivity index is 1.90. The maximum atomic E-state index is 11.9. The van der Waals surface area contributed by atoms with Crippen LogP contribution < -0.4 is 15.4 Å². The van der Waals surface area contributed by atoms with Crippen LogP contribution in [-0.4, -0.2) is 12.1 Å². The largest absolute Gasteiger partial charge is 0.491 e. The third-order valence-corrected chi connectivity index (χ3v) is 2.97. The molecule has 0 spiro atoms. The number of anilines is 1. The number of carbonyl (C=O) groups is 1. The molecule has 2 rings (SSSR count). The first kappa shape index (κ1) is 16.4. The molecule has 0 aromatic heterocycles. The number of carbonyl (C=O) groups excluding carboxylic acids is 1. The quantitative estimate of drug-likeness (QED) is 0.885. The Morgan fingerprint density at radius 3 is 2.74 bits per heavy atom. The molecule has 23 heavy (non-hydrogen) atoms. The van der Waals surface area contributed by atoms with Crippen LogP contribution in [0.25, 0.3) is 0 Å². The van der Waals surface area contributed by atoms with E-state index in [0.717, 1.165) is 11.3 Å². The zero-order chi connectivity index (χ0) is 16.7. The molecule has 0 radical (unpaired) electrons. The number of nitrogens with zero attached hydrogens (tertiary/aromatic N) is 1. The van der Waals surface area contributed by atoms with Crippen molar-refractivity contribution in [1.82, 2.24) is 5.32 Å². The standard InChI is InChI=1S/C18H19N3O2/c1-13(2)23-17-8-4-6-15(10-17)12-20-18(22)21-16-7-3-5-14(9-16)11-19/h3-10,13H,12H2,1-2H3,(H2,20,21,22). The number of amides is 2. The van der Waals surface area contributed by atoms with Crippen molar-refractivity contribution in [2.45, 2.75) is 26.5 Å². The van der Waals surface area contributed by atoms with Crippen molar-refractivity contribution in [1.29, 1.82) is 5.26 Å². The summed E-state index contributed by atoms with van der Waals surface area (Å²) in [7, 11) is 0. The van der Waals surface area contributed by atoms with E-state index in [1.807, 2.05) is 44.2 Å².